The molecule has 2 amide bonds. The van der Waals surface area contributed by atoms with E-state index in [-0.39, 0.29) is 22.8 Å². The second kappa shape index (κ2) is 13.7. The van der Waals surface area contributed by atoms with Gasteiger partial charge in [0, 0.05) is 25.2 Å². The molecule has 0 aliphatic rings. The van der Waals surface area contributed by atoms with Gasteiger partial charge in [0.2, 0.25) is 11.8 Å². The van der Waals surface area contributed by atoms with Crippen LogP contribution in [0.3, 0.4) is 0 Å². The highest BCUT2D eigenvalue weighted by molar-refractivity contribution is 7.92. The topological polar surface area (TPSA) is 130 Å². The van der Waals surface area contributed by atoms with Gasteiger partial charge in [-0.15, -0.1) is 0 Å². The number of nitrogens with one attached hydrogen (secondary N) is 1. The first-order chi connectivity index (χ1) is 19.0. The van der Waals surface area contributed by atoms with E-state index in [2.05, 4.69) is 5.32 Å². The average molecular weight is 571 g/mol. The summed E-state index contributed by atoms with van der Waals surface area (Å²) in [7, 11) is -4.29. The highest BCUT2D eigenvalue weighted by Crippen LogP contribution is 2.26. The van der Waals surface area contributed by atoms with E-state index in [4.69, 9.17) is 0 Å². The van der Waals surface area contributed by atoms with Crippen LogP contribution in [0.2, 0.25) is 0 Å². The van der Waals surface area contributed by atoms with E-state index in [0.717, 1.165) is 29.3 Å². The molecule has 0 saturated carbocycles. The summed E-state index contributed by atoms with van der Waals surface area (Å²) >= 11 is 0. The maximum absolute atomic E-state index is 13.8. The Kier molecular flexibility index (Phi) is 10.3. The number of carbonyl (C=O) groups excluding carboxylic acids is 2. The molecule has 40 heavy (non-hydrogen) atoms. The van der Waals surface area contributed by atoms with Crippen molar-refractivity contribution in [1.82, 2.24) is 10.2 Å². The number of amides is 2. The molecule has 1 N–H and O–H groups in total. The molecular formula is C28H31FN4O6S. The second-order valence-corrected chi connectivity index (χ2v) is 10.9. The van der Waals surface area contributed by atoms with E-state index in [0.29, 0.717) is 12.1 Å². The molecule has 3 aromatic rings. The molecule has 0 bridgehead atoms. The van der Waals surface area contributed by atoms with Crippen molar-refractivity contribution in [3.63, 3.8) is 0 Å². The molecule has 10 nitrogen and oxygen atoms in total. The largest absolute Gasteiger partial charge is 0.354 e. The molecule has 0 fully saturated rings. The number of nitrogens with zero attached hydrogens (tertiary/aromatic N) is 3. The maximum atomic E-state index is 13.8. The van der Waals surface area contributed by atoms with Crippen molar-refractivity contribution in [3.05, 3.63) is 100 Å². The number of halogens is 1. The number of hydrogen-bond acceptors (Lipinski definition) is 6. The third-order valence-corrected chi connectivity index (χ3v) is 8.01. The van der Waals surface area contributed by atoms with Crippen LogP contribution in [0.4, 0.5) is 15.8 Å². The van der Waals surface area contributed by atoms with Gasteiger partial charge in [0.15, 0.2) is 0 Å². The zero-order valence-electron chi connectivity index (χ0n) is 22.2. The predicted octanol–water partition coefficient (Wildman–Crippen LogP) is 4.26. The molecule has 3 rings (SSSR count). The van der Waals surface area contributed by atoms with Gasteiger partial charge in [0.25, 0.3) is 15.7 Å². The molecule has 0 aromatic heterocycles. The number of benzene rings is 3. The van der Waals surface area contributed by atoms with Crippen molar-refractivity contribution in [2.45, 2.75) is 44.2 Å². The molecule has 1 atom stereocenters. The minimum Gasteiger partial charge on any atom is -0.354 e. The predicted molar refractivity (Wildman–Crippen MR) is 148 cm³/mol. The van der Waals surface area contributed by atoms with Crippen LogP contribution in [0.25, 0.3) is 0 Å². The van der Waals surface area contributed by atoms with Crippen molar-refractivity contribution < 1.29 is 27.3 Å². The molecule has 0 spiro atoms. The minimum absolute atomic E-state index is 0.0320. The smallest absolute Gasteiger partial charge is 0.269 e. The third kappa shape index (κ3) is 7.63. The monoisotopic (exact) mass is 570 g/mol. The fourth-order valence-corrected chi connectivity index (χ4v) is 5.33. The standard InChI is InChI=1S/C28H31FN4O6S/c1-3-4-18-30-28(35)21(2)31(19-22-10-12-23(29)13-11-22)27(34)20-32(24-14-16-25(17-15-24)33(36)37)40(38,39)26-8-6-5-7-9-26/h5-17,21H,3-4,18-20H2,1-2H3,(H,30,35)/t21-/m0/s1. The second-order valence-electron chi connectivity index (χ2n) is 9.07. The van der Waals surface area contributed by atoms with Gasteiger partial charge < -0.3 is 10.2 Å². The molecule has 0 heterocycles. The highest BCUT2D eigenvalue weighted by Gasteiger charge is 2.32. The van der Waals surface area contributed by atoms with E-state index in [1.807, 2.05) is 6.92 Å². The lowest BCUT2D eigenvalue weighted by Gasteiger charge is -2.32. The molecular weight excluding hydrogens is 539 g/mol. The van der Waals surface area contributed by atoms with Gasteiger partial charge in [0.05, 0.1) is 15.5 Å². The van der Waals surface area contributed by atoms with Gasteiger partial charge >= 0.3 is 0 Å². The number of non-ortho nitro benzene ring substituents is 1. The normalized spacial score (nSPS) is 11.9. The van der Waals surface area contributed by atoms with Crippen LogP contribution < -0.4 is 9.62 Å². The third-order valence-electron chi connectivity index (χ3n) is 6.22. The van der Waals surface area contributed by atoms with Crippen LogP contribution in [0.1, 0.15) is 32.3 Å². The number of rotatable bonds is 13. The summed E-state index contributed by atoms with van der Waals surface area (Å²) in [4.78, 5) is 38.4. The van der Waals surface area contributed by atoms with Crippen LogP contribution in [-0.2, 0) is 26.2 Å². The number of nitro groups is 1. The number of hydrogen-bond donors (Lipinski definition) is 1. The van der Waals surface area contributed by atoms with Crippen molar-refractivity contribution >= 4 is 33.2 Å². The Balaban J connectivity index is 2.00. The number of carbonyl (C=O) groups is 2. The molecule has 12 heteroatoms. The average Bonchev–Trinajstić information content (AvgIpc) is 2.95. The molecule has 0 aliphatic carbocycles. The van der Waals surface area contributed by atoms with Crippen LogP contribution in [0.5, 0.6) is 0 Å². The molecule has 0 unspecified atom stereocenters. The Hall–Kier alpha value is -4.32. The van der Waals surface area contributed by atoms with Crippen LogP contribution >= 0.6 is 0 Å². The van der Waals surface area contributed by atoms with Crippen molar-refractivity contribution in [3.8, 4) is 0 Å². The summed E-state index contributed by atoms with van der Waals surface area (Å²) in [5.41, 5.74) is 0.322. The summed E-state index contributed by atoms with van der Waals surface area (Å²) in [5, 5.41) is 13.9. The van der Waals surface area contributed by atoms with Gasteiger partial charge in [-0.05, 0) is 55.3 Å². The zero-order chi connectivity index (χ0) is 29.3. The first-order valence-corrected chi connectivity index (χ1v) is 14.1. The van der Waals surface area contributed by atoms with Gasteiger partial charge in [-0.25, -0.2) is 12.8 Å². The Morgan fingerprint density at radius 1 is 1.00 bits per heavy atom. The summed E-state index contributed by atoms with van der Waals surface area (Å²) in [6.07, 6.45) is 1.60. The Bertz CT molecular complexity index is 1420. The molecule has 0 saturated heterocycles. The van der Waals surface area contributed by atoms with E-state index in [1.165, 1.54) is 72.5 Å². The SMILES string of the molecule is CCCCNC(=O)[C@H](C)N(Cc1ccc(F)cc1)C(=O)CN(c1ccc([N+](=O)[O-])cc1)S(=O)(=O)c1ccccc1. The van der Waals surface area contributed by atoms with Crippen molar-refractivity contribution in [2.24, 2.45) is 0 Å². The fourth-order valence-electron chi connectivity index (χ4n) is 3.89. The van der Waals surface area contributed by atoms with E-state index < -0.39 is 45.2 Å². The molecule has 0 radical (unpaired) electrons. The Labute approximate surface area is 232 Å². The first kappa shape index (κ1) is 30.2. The van der Waals surface area contributed by atoms with Crippen LogP contribution in [0, 0.1) is 15.9 Å². The maximum Gasteiger partial charge on any atom is 0.269 e. The van der Waals surface area contributed by atoms with Gasteiger partial charge in [-0.2, -0.15) is 0 Å². The van der Waals surface area contributed by atoms with E-state index in [9.17, 15) is 32.5 Å². The van der Waals surface area contributed by atoms with E-state index >= 15 is 0 Å². The lowest BCUT2D eigenvalue weighted by molar-refractivity contribution is -0.384. The zero-order valence-corrected chi connectivity index (χ0v) is 23.0. The molecule has 0 aliphatic heterocycles. The summed E-state index contributed by atoms with van der Waals surface area (Å²) in [6, 6.07) is 16.7. The fraction of sp³-hybridized carbons (Fsp3) is 0.286. The lowest BCUT2D eigenvalue weighted by atomic mass is 10.1. The molecule has 3 aromatic carbocycles. The number of unbranched alkanes of at least 4 members (excludes halogenated alkanes) is 1. The lowest BCUT2D eigenvalue weighted by Crippen LogP contribution is -2.51. The Morgan fingerprint density at radius 3 is 2.20 bits per heavy atom. The van der Waals surface area contributed by atoms with Crippen molar-refractivity contribution in [2.75, 3.05) is 17.4 Å². The number of anilines is 1. The molecule has 212 valence electrons. The quantitative estimate of drug-likeness (QED) is 0.186. The van der Waals surface area contributed by atoms with Gasteiger partial charge in [0.1, 0.15) is 18.4 Å². The Morgan fingerprint density at radius 2 is 1.62 bits per heavy atom. The summed E-state index contributed by atoms with van der Waals surface area (Å²) in [6.45, 7) is 3.14. The summed E-state index contributed by atoms with van der Waals surface area (Å²) < 4.78 is 41.7. The summed E-state index contributed by atoms with van der Waals surface area (Å²) in [5.74, 6) is -1.58. The number of sulfonamides is 1. The van der Waals surface area contributed by atoms with Crippen molar-refractivity contribution in [1.29, 1.82) is 0 Å². The number of nitro benzene ring substituents is 1. The first-order valence-electron chi connectivity index (χ1n) is 12.7. The van der Waals surface area contributed by atoms with E-state index in [1.54, 1.807) is 6.07 Å². The van der Waals surface area contributed by atoms with Crippen LogP contribution in [-0.4, -0.2) is 49.2 Å². The minimum atomic E-state index is -4.29. The van der Waals surface area contributed by atoms with Gasteiger partial charge in [-0.3, -0.25) is 24.0 Å². The highest BCUT2D eigenvalue weighted by atomic mass is 32.2. The van der Waals surface area contributed by atoms with Crippen LogP contribution in [0.15, 0.2) is 83.8 Å². The van der Waals surface area contributed by atoms with Gasteiger partial charge in [-0.1, -0.05) is 43.7 Å².